The maximum Gasteiger partial charge on any atom is 0.255 e. The molecular formula is C24H19ClN6OS. The number of benzene rings is 2. The summed E-state index contributed by atoms with van der Waals surface area (Å²) in [4.78, 5) is 22.6. The lowest BCUT2D eigenvalue weighted by atomic mass is 10.2. The van der Waals surface area contributed by atoms with Crippen molar-refractivity contribution in [3.8, 4) is 10.6 Å². The molecule has 0 bridgehead atoms. The monoisotopic (exact) mass is 474 g/mol. The van der Waals surface area contributed by atoms with Crippen molar-refractivity contribution in [2.24, 2.45) is 0 Å². The number of pyridine rings is 1. The van der Waals surface area contributed by atoms with E-state index >= 15 is 0 Å². The number of fused-ring (bicyclic) bond motifs is 1. The fourth-order valence-corrected chi connectivity index (χ4v) is 4.59. The molecule has 0 radical (unpaired) electrons. The highest BCUT2D eigenvalue weighted by atomic mass is 35.5. The minimum Gasteiger partial charge on any atom is -0.397 e. The first-order chi connectivity index (χ1) is 16.0. The predicted octanol–water partition coefficient (Wildman–Crippen LogP) is 6.00. The van der Waals surface area contributed by atoms with Crippen molar-refractivity contribution in [1.82, 2.24) is 14.4 Å². The number of anilines is 4. The van der Waals surface area contributed by atoms with Crippen molar-refractivity contribution in [3.63, 3.8) is 0 Å². The SMILES string of the molecule is Cc1nc2cc(Cl)ccn2c1-c1cnc(Nc2ccc(C(=O)Nc3ccccc3N)cc2)s1. The van der Waals surface area contributed by atoms with Gasteiger partial charge >= 0.3 is 0 Å². The van der Waals surface area contributed by atoms with Gasteiger partial charge in [0.05, 0.1) is 27.6 Å². The lowest BCUT2D eigenvalue weighted by molar-refractivity contribution is 0.102. The van der Waals surface area contributed by atoms with Gasteiger partial charge in [-0.3, -0.25) is 9.20 Å². The summed E-state index contributed by atoms with van der Waals surface area (Å²) in [7, 11) is 0. The zero-order valence-corrected chi connectivity index (χ0v) is 19.1. The number of nitrogens with one attached hydrogen (secondary N) is 2. The van der Waals surface area contributed by atoms with Crippen molar-refractivity contribution in [3.05, 3.63) is 89.3 Å². The molecule has 0 saturated carbocycles. The quantitative estimate of drug-likeness (QED) is 0.271. The van der Waals surface area contributed by atoms with Crippen LogP contribution >= 0.6 is 22.9 Å². The van der Waals surface area contributed by atoms with E-state index in [4.69, 9.17) is 17.3 Å². The van der Waals surface area contributed by atoms with Crippen LogP contribution in [0.4, 0.5) is 22.2 Å². The van der Waals surface area contributed by atoms with Gasteiger partial charge in [0.2, 0.25) is 0 Å². The number of aromatic nitrogens is 3. The highest BCUT2D eigenvalue weighted by Crippen LogP contribution is 2.33. The Morgan fingerprint density at radius 3 is 2.70 bits per heavy atom. The molecule has 0 aliphatic heterocycles. The van der Waals surface area contributed by atoms with Crippen molar-refractivity contribution in [2.45, 2.75) is 6.92 Å². The summed E-state index contributed by atoms with van der Waals surface area (Å²) in [6.07, 6.45) is 3.73. The Bertz CT molecular complexity index is 1470. The molecule has 5 rings (SSSR count). The molecule has 5 aromatic rings. The van der Waals surface area contributed by atoms with Gasteiger partial charge < -0.3 is 16.4 Å². The van der Waals surface area contributed by atoms with Crippen LogP contribution in [-0.2, 0) is 0 Å². The van der Waals surface area contributed by atoms with Crippen molar-refractivity contribution >= 4 is 56.7 Å². The predicted molar refractivity (Wildman–Crippen MR) is 135 cm³/mol. The number of hydrogen-bond donors (Lipinski definition) is 3. The molecule has 7 nitrogen and oxygen atoms in total. The van der Waals surface area contributed by atoms with Gasteiger partial charge in [-0.1, -0.05) is 35.1 Å². The molecule has 0 fully saturated rings. The van der Waals surface area contributed by atoms with Crippen LogP contribution in [-0.4, -0.2) is 20.3 Å². The smallest absolute Gasteiger partial charge is 0.255 e. The second-order valence-electron chi connectivity index (χ2n) is 7.39. The average Bonchev–Trinajstić information content (AvgIpc) is 3.38. The molecule has 0 spiro atoms. The first-order valence-electron chi connectivity index (χ1n) is 10.1. The second kappa shape index (κ2) is 8.57. The molecule has 3 heterocycles. The van der Waals surface area contributed by atoms with E-state index in [2.05, 4.69) is 20.6 Å². The van der Waals surface area contributed by atoms with Crippen LogP contribution in [0.3, 0.4) is 0 Å². The number of nitrogens with two attached hydrogens (primary N) is 1. The van der Waals surface area contributed by atoms with Gasteiger partial charge in [0.15, 0.2) is 5.13 Å². The van der Waals surface area contributed by atoms with Crippen molar-refractivity contribution in [2.75, 3.05) is 16.4 Å². The summed E-state index contributed by atoms with van der Waals surface area (Å²) in [5.41, 5.74) is 11.1. The summed E-state index contributed by atoms with van der Waals surface area (Å²) >= 11 is 7.62. The lowest BCUT2D eigenvalue weighted by Crippen LogP contribution is -2.13. The van der Waals surface area contributed by atoms with E-state index < -0.39 is 0 Å². The summed E-state index contributed by atoms with van der Waals surface area (Å²) in [6, 6.07) is 18.0. The largest absolute Gasteiger partial charge is 0.397 e. The number of nitrogens with zero attached hydrogens (tertiary/aromatic N) is 3. The van der Waals surface area contributed by atoms with Crippen LogP contribution in [0.25, 0.3) is 16.2 Å². The van der Waals surface area contributed by atoms with E-state index in [9.17, 15) is 4.79 Å². The van der Waals surface area contributed by atoms with E-state index in [1.807, 2.05) is 60.1 Å². The molecule has 0 saturated heterocycles. The number of aryl methyl sites for hydroxylation is 1. The molecule has 0 unspecified atom stereocenters. The number of thiazole rings is 1. The van der Waals surface area contributed by atoms with Crippen LogP contribution in [0, 0.1) is 6.92 Å². The molecule has 0 aliphatic rings. The molecule has 4 N–H and O–H groups in total. The van der Waals surface area contributed by atoms with Crippen LogP contribution in [0.5, 0.6) is 0 Å². The van der Waals surface area contributed by atoms with Crippen LogP contribution in [0.2, 0.25) is 5.02 Å². The van der Waals surface area contributed by atoms with Gasteiger partial charge in [-0.2, -0.15) is 0 Å². The van der Waals surface area contributed by atoms with Gasteiger partial charge in [0.25, 0.3) is 5.91 Å². The Balaban J connectivity index is 1.32. The van der Waals surface area contributed by atoms with Gasteiger partial charge in [-0.15, -0.1) is 0 Å². The van der Waals surface area contributed by atoms with E-state index in [0.717, 1.165) is 32.7 Å². The number of rotatable bonds is 5. The first kappa shape index (κ1) is 21.0. The Labute approximate surface area is 198 Å². The van der Waals surface area contributed by atoms with Gasteiger partial charge in [0.1, 0.15) is 5.65 Å². The van der Waals surface area contributed by atoms with Crippen LogP contribution < -0.4 is 16.4 Å². The standard InChI is InChI=1S/C24H19ClN6OS/c1-14-22(31-11-10-16(25)12-21(31)28-14)20-13-27-24(33-20)29-17-8-6-15(7-9-17)23(32)30-19-5-3-2-4-18(19)26/h2-13H,26H2,1H3,(H,27,29)(H,30,32). The third-order valence-electron chi connectivity index (χ3n) is 5.11. The zero-order chi connectivity index (χ0) is 22.9. The third-order valence-corrected chi connectivity index (χ3v) is 6.26. The topological polar surface area (TPSA) is 97.3 Å². The molecule has 1 amide bonds. The molecule has 33 heavy (non-hydrogen) atoms. The highest BCUT2D eigenvalue weighted by molar-refractivity contribution is 7.18. The van der Waals surface area contributed by atoms with Crippen LogP contribution in [0.15, 0.2) is 73.1 Å². The normalized spacial score (nSPS) is 11.0. The number of nitrogen functional groups attached to an aromatic ring is 1. The van der Waals surface area contributed by atoms with E-state index in [1.165, 1.54) is 11.3 Å². The Hall–Kier alpha value is -3.88. The van der Waals surface area contributed by atoms with Gasteiger partial charge in [-0.05, 0) is 49.4 Å². The Kier molecular flexibility index (Phi) is 5.45. The van der Waals surface area contributed by atoms with E-state index in [-0.39, 0.29) is 5.91 Å². The molecular weight excluding hydrogens is 456 g/mol. The number of hydrogen-bond acceptors (Lipinski definition) is 6. The lowest BCUT2D eigenvalue weighted by Gasteiger charge is -2.08. The van der Waals surface area contributed by atoms with Gasteiger partial charge in [0, 0.05) is 34.7 Å². The van der Waals surface area contributed by atoms with E-state index in [0.29, 0.717) is 22.0 Å². The fraction of sp³-hybridized carbons (Fsp3) is 0.0417. The maximum absolute atomic E-state index is 12.5. The Morgan fingerprint density at radius 1 is 1.12 bits per heavy atom. The number of amides is 1. The number of imidazole rings is 1. The van der Waals surface area contributed by atoms with E-state index in [1.54, 1.807) is 24.3 Å². The van der Waals surface area contributed by atoms with Crippen molar-refractivity contribution in [1.29, 1.82) is 0 Å². The molecule has 9 heteroatoms. The molecule has 0 atom stereocenters. The van der Waals surface area contributed by atoms with Gasteiger partial charge in [-0.25, -0.2) is 9.97 Å². The molecule has 164 valence electrons. The zero-order valence-electron chi connectivity index (χ0n) is 17.5. The van der Waals surface area contributed by atoms with Crippen molar-refractivity contribution < 1.29 is 4.79 Å². The number of halogens is 1. The summed E-state index contributed by atoms with van der Waals surface area (Å²) < 4.78 is 2.01. The third kappa shape index (κ3) is 4.26. The second-order valence-corrected chi connectivity index (χ2v) is 8.86. The summed E-state index contributed by atoms with van der Waals surface area (Å²) in [6.45, 7) is 1.97. The molecule has 2 aromatic carbocycles. The number of para-hydroxylation sites is 2. The Morgan fingerprint density at radius 2 is 1.91 bits per heavy atom. The summed E-state index contributed by atoms with van der Waals surface area (Å²) in [5, 5.41) is 7.51. The number of carbonyl (C=O) groups excluding carboxylic acids is 1. The molecule has 0 aliphatic carbocycles. The van der Waals surface area contributed by atoms with Crippen LogP contribution in [0.1, 0.15) is 16.1 Å². The maximum atomic E-state index is 12.5. The average molecular weight is 475 g/mol. The fourth-order valence-electron chi connectivity index (χ4n) is 3.51. The first-order valence-corrected chi connectivity index (χ1v) is 11.3. The number of carbonyl (C=O) groups is 1. The molecule has 3 aromatic heterocycles. The minimum atomic E-state index is -0.223. The highest BCUT2D eigenvalue weighted by Gasteiger charge is 2.15. The summed E-state index contributed by atoms with van der Waals surface area (Å²) in [5.74, 6) is -0.223. The minimum absolute atomic E-state index is 0.223.